The lowest BCUT2D eigenvalue weighted by molar-refractivity contribution is 0.536. The van der Waals surface area contributed by atoms with Crippen molar-refractivity contribution in [2.45, 2.75) is 10.6 Å². The molecule has 1 aliphatic carbocycles. The Hall–Kier alpha value is -0.400. The van der Waals surface area contributed by atoms with Gasteiger partial charge in [0.1, 0.15) is 4.21 Å². The van der Waals surface area contributed by atoms with Crippen LogP contribution in [0.1, 0.15) is 11.3 Å². The van der Waals surface area contributed by atoms with E-state index >= 15 is 0 Å². The summed E-state index contributed by atoms with van der Waals surface area (Å²) in [5.41, 5.74) is 1.28. The topological polar surface area (TPSA) is 72.2 Å². The first-order valence-electron chi connectivity index (χ1n) is 5.58. The molecule has 0 unspecified atom stereocenters. The van der Waals surface area contributed by atoms with Gasteiger partial charge in [-0.2, -0.15) is 0 Å². The van der Waals surface area contributed by atoms with Crippen molar-refractivity contribution in [1.82, 2.24) is 5.32 Å². The molecular weight excluding hydrogens is 292 g/mol. The maximum absolute atomic E-state index is 11.2. The number of sulfonamides is 1. The highest BCUT2D eigenvalue weighted by atomic mass is 35.5. The fraction of sp³-hybridized carbons (Fsp3) is 0.455. The van der Waals surface area contributed by atoms with Gasteiger partial charge in [-0.05, 0) is 42.5 Å². The Morgan fingerprint density at radius 3 is 2.72 bits per heavy atom. The van der Waals surface area contributed by atoms with E-state index in [9.17, 15) is 8.42 Å². The molecule has 7 heteroatoms. The standard InChI is InChI=1S/C11H14N2O2S2.ClH/c12-17(14,15)11-2-1-10(16-11)7-3-8-5-13-6-9(8)4-7;/h1-3,8-9,13H,4-6H2,(H2,12,14,15);1H/t8-,9+;/m1./s1. The van der Waals surface area contributed by atoms with Gasteiger partial charge in [-0.25, -0.2) is 13.6 Å². The van der Waals surface area contributed by atoms with Crippen molar-refractivity contribution >= 4 is 39.3 Å². The third-order valence-electron chi connectivity index (χ3n) is 3.47. The number of primary sulfonamides is 1. The second kappa shape index (κ2) is 4.94. The van der Waals surface area contributed by atoms with E-state index < -0.39 is 10.0 Å². The zero-order valence-electron chi connectivity index (χ0n) is 9.63. The summed E-state index contributed by atoms with van der Waals surface area (Å²) < 4.78 is 22.7. The van der Waals surface area contributed by atoms with E-state index in [1.54, 1.807) is 6.07 Å². The Morgan fingerprint density at radius 2 is 2.11 bits per heavy atom. The smallest absolute Gasteiger partial charge is 0.247 e. The minimum absolute atomic E-state index is 0. The Morgan fingerprint density at radius 1 is 1.33 bits per heavy atom. The van der Waals surface area contributed by atoms with E-state index in [2.05, 4.69) is 11.4 Å². The quantitative estimate of drug-likeness (QED) is 0.868. The van der Waals surface area contributed by atoms with Crippen LogP contribution in [0.15, 0.2) is 22.4 Å². The van der Waals surface area contributed by atoms with Crippen LogP contribution in [-0.4, -0.2) is 21.5 Å². The maximum Gasteiger partial charge on any atom is 0.247 e. The molecule has 0 aromatic carbocycles. The van der Waals surface area contributed by atoms with Crippen molar-refractivity contribution in [2.75, 3.05) is 13.1 Å². The van der Waals surface area contributed by atoms with Gasteiger partial charge in [-0.3, -0.25) is 0 Å². The normalized spacial score (nSPS) is 26.6. The summed E-state index contributed by atoms with van der Waals surface area (Å²) in [5, 5.41) is 8.48. The van der Waals surface area contributed by atoms with Crippen molar-refractivity contribution in [3.63, 3.8) is 0 Å². The predicted molar refractivity (Wildman–Crippen MR) is 75.4 cm³/mol. The number of nitrogens with one attached hydrogen (secondary N) is 1. The highest BCUT2D eigenvalue weighted by molar-refractivity contribution is 7.91. The van der Waals surface area contributed by atoms with Crippen LogP contribution >= 0.6 is 23.7 Å². The summed E-state index contributed by atoms with van der Waals surface area (Å²) in [5.74, 6) is 1.30. The molecule has 4 nitrogen and oxygen atoms in total. The second-order valence-electron chi connectivity index (χ2n) is 4.64. The summed E-state index contributed by atoms with van der Waals surface area (Å²) in [7, 11) is -3.55. The molecule has 0 radical (unpaired) electrons. The number of halogens is 1. The summed E-state index contributed by atoms with van der Waals surface area (Å²) >= 11 is 1.27. The van der Waals surface area contributed by atoms with E-state index in [0.29, 0.717) is 11.8 Å². The largest absolute Gasteiger partial charge is 0.316 e. The molecular formula is C11H15ClN2O2S2. The third-order valence-corrected chi connectivity index (χ3v) is 6.07. The highest BCUT2D eigenvalue weighted by Gasteiger charge is 2.32. The van der Waals surface area contributed by atoms with E-state index in [-0.39, 0.29) is 16.6 Å². The van der Waals surface area contributed by atoms with Gasteiger partial charge in [-0.1, -0.05) is 6.08 Å². The molecule has 0 saturated carbocycles. The molecule has 1 fully saturated rings. The minimum Gasteiger partial charge on any atom is -0.316 e. The van der Waals surface area contributed by atoms with E-state index in [4.69, 9.17) is 5.14 Å². The molecule has 3 N–H and O–H groups in total. The fourth-order valence-corrected chi connectivity index (χ4v) is 4.37. The molecule has 1 aromatic heterocycles. The Bertz CT molecular complexity index is 580. The second-order valence-corrected chi connectivity index (χ2v) is 7.51. The number of hydrogen-bond acceptors (Lipinski definition) is 4. The van der Waals surface area contributed by atoms with E-state index in [0.717, 1.165) is 24.4 Å². The zero-order chi connectivity index (χ0) is 12.0. The van der Waals surface area contributed by atoms with Gasteiger partial charge < -0.3 is 5.32 Å². The maximum atomic E-state index is 11.2. The van der Waals surface area contributed by atoms with Crippen LogP contribution in [0.25, 0.3) is 5.57 Å². The summed E-state index contributed by atoms with van der Waals surface area (Å²) in [6.45, 7) is 2.11. The van der Waals surface area contributed by atoms with Crippen LogP contribution in [0.3, 0.4) is 0 Å². The molecule has 0 amide bonds. The average Bonchev–Trinajstić information content (AvgIpc) is 2.90. The zero-order valence-corrected chi connectivity index (χ0v) is 12.1. The van der Waals surface area contributed by atoms with Gasteiger partial charge in [0.05, 0.1) is 0 Å². The van der Waals surface area contributed by atoms with Crippen molar-refractivity contribution in [2.24, 2.45) is 17.0 Å². The molecule has 0 spiro atoms. The van der Waals surface area contributed by atoms with Crippen LogP contribution in [0.4, 0.5) is 0 Å². The molecule has 2 heterocycles. The van der Waals surface area contributed by atoms with Gasteiger partial charge in [0.25, 0.3) is 0 Å². The fourth-order valence-electron chi connectivity index (χ4n) is 2.61. The lowest BCUT2D eigenvalue weighted by Gasteiger charge is -2.04. The van der Waals surface area contributed by atoms with Crippen molar-refractivity contribution in [1.29, 1.82) is 0 Å². The molecule has 3 rings (SSSR count). The lowest BCUT2D eigenvalue weighted by Crippen LogP contribution is -2.09. The predicted octanol–water partition coefficient (Wildman–Crippen LogP) is 1.44. The minimum atomic E-state index is -3.55. The van der Waals surface area contributed by atoms with Crippen LogP contribution < -0.4 is 10.5 Å². The number of allylic oxidation sites excluding steroid dienone is 1. The number of nitrogens with two attached hydrogens (primary N) is 1. The van der Waals surface area contributed by atoms with Gasteiger partial charge >= 0.3 is 0 Å². The molecule has 18 heavy (non-hydrogen) atoms. The number of hydrogen-bond donors (Lipinski definition) is 2. The number of rotatable bonds is 2. The average molecular weight is 307 g/mol. The molecule has 100 valence electrons. The molecule has 2 aliphatic rings. The molecule has 2 atom stereocenters. The van der Waals surface area contributed by atoms with Crippen molar-refractivity contribution in [3.8, 4) is 0 Å². The van der Waals surface area contributed by atoms with Crippen LogP contribution in [0.5, 0.6) is 0 Å². The van der Waals surface area contributed by atoms with E-state index in [1.165, 1.54) is 16.9 Å². The Balaban J connectivity index is 0.00000120. The Labute approximate surface area is 117 Å². The first-order chi connectivity index (χ1) is 8.04. The van der Waals surface area contributed by atoms with E-state index in [1.807, 2.05) is 6.07 Å². The van der Waals surface area contributed by atoms with Crippen molar-refractivity contribution < 1.29 is 8.42 Å². The monoisotopic (exact) mass is 306 g/mol. The van der Waals surface area contributed by atoms with Crippen LogP contribution in [-0.2, 0) is 10.0 Å². The first kappa shape index (κ1) is 14.0. The van der Waals surface area contributed by atoms with Gasteiger partial charge in [0.2, 0.25) is 10.0 Å². The summed E-state index contributed by atoms with van der Waals surface area (Å²) in [6.07, 6.45) is 3.33. The SMILES string of the molecule is Cl.NS(=O)(=O)c1ccc(C2=C[C@@H]3CNC[C@@H]3C2)s1. The van der Waals surface area contributed by atoms with Crippen molar-refractivity contribution in [3.05, 3.63) is 23.1 Å². The van der Waals surface area contributed by atoms with Gasteiger partial charge in [-0.15, -0.1) is 23.7 Å². The summed E-state index contributed by atoms with van der Waals surface area (Å²) in [6, 6.07) is 3.47. The number of fused-ring (bicyclic) bond motifs is 1. The Kier molecular flexibility index (Phi) is 3.85. The summed E-state index contributed by atoms with van der Waals surface area (Å²) in [4.78, 5) is 1.04. The molecule has 1 aliphatic heterocycles. The van der Waals surface area contributed by atoms with Gasteiger partial charge in [0, 0.05) is 11.4 Å². The lowest BCUT2D eigenvalue weighted by atomic mass is 10.00. The molecule has 1 aromatic rings. The van der Waals surface area contributed by atoms with Crippen LogP contribution in [0.2, 0.25) is 0 Å². The third kappa shape index (κ3) is 2.48. The highest BCUT2D eigenvalue weighted by Crippen LogP contribution is 2.40. The van der Waals surface area contributed by atoms with Gasteiger partial charge in [0.15, 0.2) is 0 Å². The first-order valence-corrected chi connectivity index (χ1v) is 7.95. The van der Waals surface area contributed by atoms with Crippen LogP contribution in [0, 0.1) is 11.8 Å². The molecule has 0 bridgehead atoms. The number of thiophene rings is 1. The molecule has 1 saturated heterocycles.